The molecule has 1 fully saturated rings. The van der Waals surface area contributed by atoms with Gasteiger partial charge in [0.05, 0.1) is 6.54 Å². The summed E-state index contributed by atoms with van der Waals surface area (Å²) in [5, 5.41) is 3.32. The number of rotatable bonds is 4. The summed E-state index contributed by atoms with van der Waals surface area (Å²) in [7, 11) is 1.84. The van der Waals surface area contributed by atoms with Crippen LogP contribution in [0.4, 0.5) is 0 Å². The third kappa shape index (κ3) is 2.69. The van der Waals surface area contributed by atoms with Crippen LogP contribution in [0.25, 0.3) is 0 Å². The highest BCUT2D eigenvalue weighted by molar-refractivity contribution is 5.78. The summed E-state index contributed by atoms with van der Waals surface area (Å²) in [6, 6.07) is 0. The Bertz CT molecular complexity index is 187. The van der Waals surface area contributed by atoms with Crippen molar-refractivity contribution in [2.45, 2.75) is 38.6 Å². The fraction of sp³-hybridized carbons (Fsp3) is 0.900. The summed E-state index contributed by atoms with van der Waals surface area (Å²) >= 11 is 0. The largest absolute Gasteiger partial charge is 0.345 e. The predicted octanol–water partition coefficient (Wildman–Crippen LogP) is 0.997. The van der Waals surface area contributed by atoms with Gasteiger partial charge in [-0.3, -0.25) is 4.79 Å². The Hall–Kier alpha value is -0.570. The normalized spacial score (nSPS) is 19.3. The highest BCUT2D eigenvalue weighted by Gasteiger charge is 2.31. The molecule has 0 aromatic rings. The van der Waals surface area contributed by atoms with Crippen molar-refractivity contribution >= 4 is 5.91 Å². The van der Waals surface area contributed by atoms with E-state index in [4.69, 9.17) is 0 Å². The van der Waals surface area contributed by atoms with E-state index in [9.17, 15) is 4.79 Å². The number of likely N-dealkylation sites (N-methyl/N-ethyl adjacent to an activating group) is 1. The fourth-order valence-corrected chi connectivity index (χ4v) is 1.48. The molecule has 0 bridgehead atoms. The molecule has 0 aromatic carbocycles. The lowest BCUT2D eigenvalue weighted by Gasteiger charge is -2.39. The Morgan fingerprint density at radius 2 is 2.15 bits per heavy atom. The van der Waals surface area contributed by atoms with Crippen molar-refractivity contribution < 1.29 is 4.79 Å². The Morgan fingerprint density at radius 3 is 2.54 bits per heavy atom. The van der Waals surface area contributed by atoms with Gasteiger partial charge >= 0.3 is 0 Å². The van der Waals surface area contributed by atoms with E-state index in [1.165, 1.54) is 19.3 Å². The first-order valence-corrected chi connectivity index (χ1v) is 5.06. The molecule has 1 aliphatic carbocycles. The lowest BCUT2D eigenvalue weighted by molar-refractivity contribution is -0.129. The van der Waals surface area contributed by atoms with Crippen molar-refractivity contribution in [3.63, 3.8) is 0 Å². The lowest BCUT2D eigenvalue weighted by atomic mass is 9.78. The molecule has 0 aromatic heterocycles. The first-order valence-electron chi connectivity index (χ1n) is 5.06. The number of hydrogen-bond acceptors (Lipinski definition) is 2. The highest BCUT2D eigenvalue weighted by Crippen LogP contribution is 2.30. The molecular weight excluding hydrogens is 164 g/mol. The average molecular weight is 184 g/mol. The van der Waals surface area contributed by atoms with Crippen molar-refractivity contribution in [3.8, 4) is 0 Å². The van der Waals surface area contributed by atoms with Gasteiger partial charge in [0.1, 0.15) is 0 Å². The summed E-state index contributed by atoms with van der Waals surface area (Å²) in [5.74, 6) is 0.190. The van der Waals surface area contributed by atoms with Crippen LogP contribution in [0.1, 0.15) is 33.1 Å². The summed E-state index contributed by atoms with van der Waals surface area (Å²) in [4.78, 5) is 13.2. The van der Waals surface area contributed by atoms with Crippen LogP contribution in [0.3, 0.4) is 0 Å². The average Bonchev–Trinajstić information content (AvgIpc) is 2.09. The van der Waals surface area contributed by atoms with Crippen LogP contribution >= 0.6 is 0 Å². The second kappa shape index (κ2) is 4.09. The minimum Gasteiger partial charge on any atom is -0.345 e. The smallest absolute Gasteiger partial charge is 0.236 e. The lowest BCUT2D eigenvalue weighted by Crippen LogP contribution is -2.51. The van der Waals surface area contributed by atoms with Gasteiger partial charge in [-0.1, -0.05) is 0 Å². The molecule has 3 heteroatoms. The molecule has 0 saturated heterocycles. The molecular formula is C10H20N2O. The maximum atomic E-state index is 11.4. The molecule has 1 amide bonds. The summed E-state index contributed by atoms with van der Waals surface area (Å²) < 4.78 is 0. The van der Waals surface area contributed by atoms with Gasteiger partial charge in [-0.25, -0.2) is 0 Å². The van der Waals surface area contributed by atoms with Gasteiger partial charge in [-0.15, -0.1) is 0 Å². The van der Waals surface area contributed by atoms with Crippen molar-refractivity contribution in [1.82, 2.24) is 10.2 Å². The second-order valence-electron chi connectivity index (χ2n) is 4.18. The van der Waals surface area contributed by atoms with Gasteiger partial charge in [-0.2, -0.15) is 0 Å². The quantitative estimate of drug-likeness (QED) is 0.707. The van der Waals surface area contributed by atoms with Gasteiger partial charge in [-0.05, 0) is 33.1 Å². The van der Waals surface area contributed by atoms with E-state index < -0.39 is 0 Å². The van der Waals surface area contributed by atoms with Crippen molar-refractivity contribution in [2.24, 2.45) is 0 Å². The van der Waals surface area contributed by atoms with Gasteiger partial charge in [0.25, 0.3) is 0 Å². The first kappa shape index (κ1) is 10.5. The predicted molar refractivity (Wildman–Crippen MR) is 53.6 cm³/mol. The highest BCUT2D eigenvalue weighted by atomic mass is 16.2. The molecule has 1 aliphatic rings. The number of hydrogen-bond donors (Lipinski definition) is 1. The molecule has 0 atom stereocenters. The van der Waals surface area contributed by atoms with E-state index in [1.54, 1.807) is 4.90 Å². The molecule has 1 rings (SSSR count). The van der Waals surface area contributed by atoms with Crippen LogP contribution in [-0.2, 0) is 4.79 Å². The molecule has 1 N–H and O–H groups in total. The zero-order chi connectivity index (χ0) is 9.90. The maximum absolute atomic E-state index is 11.4. The maximum Gasteiger partial charge on any atom is 0.236 e. The minimum atomic E-state index is 0.190. The summed E-state index contributed by atoms with van der Waals surface area (Å²) in [5.41, 5.74) is 0.240. The van der Waals surface area contributed by atoms with Crippen molar-refractivity contribution in [2.75, 3.05) is 20.1 Å². The number of nitrogens with zero attached hydrogens (tertiary/aromatic N) is 1. The van der Waals surface area contributed by atoms with Crippen LogP contribution in [0.2, 0.25) is 0 Å². The third-order valence-corrected chi connectivity index (χ3v) is 3.02. The first-order chi connectivity index (χ1) is 6.07. The third-order valence-electron chi connectivity index (χ3n) is 3.02. The van der Waals surface area contributed by atoms with Crippen LogP contribution < -0.4 is 5.32 Å². The van der Waals surface area contributed by atoms with E-state index in [-0.39, 0.29) is 11.4 Å². The molecule has 0 unspecified atom stereocenters. The Balaban J connectivity index is 2.21. The molecule has 0 aliphatic heterocycles. The van der Waals surface area contributed by atoms with Gasteiger partial charge in [0.15, 0.2) is 0 Å². The Labute approximate surface area is 80.5 Å². The number of carbonyl (C=O) groups excluding carboxylic acids is 1. The molecule has 0 heterocycles. The summed E-state index contributed by atoms with van der Waals surface area (Å²) in [6.07, 6.45) is 3.70. The van der Waals surface area contributed by atoms with E-state index in [1.807, 2.05) is 14.0 Å². The van der Waals surface area contributed by atoms with Crippen molar-refractivity contribution in [1.29, 1.82) is 0 Å². The van der Waals surface area contributed by atoms with Crippen molar-refractivity contribution in [3.05, 3.63) is 0 Å². The second-order valence-corrected chi connectivity index (χ2v) is 4.18. The monoisotopic (exact) mass is 184 g/mol. The van der Waals surface area contributed by atoms with E-state index in [0.29, 0.717) is 6.54 Å². The zero-order valence-electron chi connectivity index (χ0n) is 8.89. The van der Waals surface area contributed by atoms with Gasteiger partial charge in [0.2, 0.25) is 5.91 Å². The van der Waals surface area contributed by atoms with Crippen LogP contribution in [-0.4, -0.2) is 36.5 Å². The minimum absolute atomic E-state index is 0.190. The van der Waals surface area contributed by atoms with Gasteiger partial charge < -0.3 is 10.2 Å². The zero-order valence-corrected chi connectivity index (χ0v) is 8.89. The van der Waals surface area contributed by atoms with E-state index >= 15 is 0 Å². The topological polar surface area (TPSA) is 32.3 Å². The van der Waals surface area contributed by atoms with Crippen LogP contribution in [0, 0.1) is 0 Å². The van der Waals surface area contributed by atoms with Gasteiger partial charge in [0, 0.05) is 19.1 Å². The van der Waals surface area contributed by atoms with E-state index in [0.717, 1.165) is 6.54 Å². The van der Waals surface area contributed by atoms with Crippen LogP contribution in [0.15, 0.2) is 0 Å². The Kier molecular flexibility index (Phi) is 3.31. The molecule has 0 spiro atoms. The summed E-state index contributed by atoms with van der Waals surface area (Å²) in [6.45, 7) is 5.46. The van der Waals surface area contributed by atoms with Crippen LogP contribution in [0.5, 0.6) is 0 Å². The number of carbonyl (C=O) groups is 1. The molecule has 13 heavy (non-hydrogen) atoms. The Morgan fingerprint density at radius 1 is 1.54 bits per heavy atom. The standard InChI is InChI=1S/C10H20N2O/c1-4-12(3)9(13)8-11-10(2)6-5-7-10/h11H,4-8H2,1-3H3. The molecule has 1 saturated carbocycles. The molecule has 76 valence electrons. The number of nitrogens with one attached hydrogen (secondary N) is 1. The molecule has 3 nitrogen and oxygen atoms in total. The van der Waals surface area contributed by atoms with E-state index in [2.05, 4.69) is 12.2 Å². The molecule has 0 radical (unpaired) electrons. The SMILES string of the molecule is CCN(C)C(=O)CNC1(C)CCC1. The number of amides is 1. The fourth-order valence-electron chi connectivity index (χ4n) is 1.48.